The second-order valence-electron chi connectivity index (χ2n) is 5.55. The van der Waals surface area contributed by atoms with Crippen LogP contribution in [0.3, 0.4) is 0 Å². The molecule has 2 rings (SSSR count). The molecule has 1 aliphatic heterocycles. The summed E-state index contributed by atoms with van der Waals surface area (Å²) < 4.78 is 1.32. The number of hydrogen-bond acceptors (Lipinski definition) is 3. The topological polar surface area (TPSA) is 70.7 Å². The van der Waals surface area contributed by atoms with Crippen molar-refractivity contribution in [3.63, 3.8) is 0 Å². The molecule has 122 valence electrons. The third-order valence-corrected chi connectivity index (χ3v) is 5.76. The van der Waals surface area contributed by atoms with Gasteiger partial charge in [0.1, 0.15) is 0 Å². The number of guanidine groups is 1. The summed E-state index contributed by atoms with van der Waals surface area (Å²) in [6.07, 6.45) is 3.64. The summed E-state index contributed by atoms with van der Waals surface area (Å²) in [5.41, 5.74) is 5.32. The summed E-state index contributed by atoms with van der Waals surface area (Å²) in [6, 6.07) is 4.33. The van der Waals surface area contributed by atoms with Crippen LogP contribution in [0.4, 0.5) is 0 Å². The number of nitrogens with two attached hydrogens (primary N) is 1. The van der Waals surface area contributed by atoms with Crippen LogP contribution in [0.25, 0.3) is 0 Å². The van der Waals surface area contributed by atoms with Crippen LogP contribution in [0.5, 0.6) is 0 Å². The molecule has 1 aliphatic rings. The molecule has 0 spiro atoms. The molecular weight excluding hydrogens is 411 g/mol. The summed E-state index contributed by atoms with van der Waals surface area (Å²) in [5.74, 6) is 1.08. The second-order valence-corrected chi connectivity index (χ2v) is 8.62. The molecular formula is C15H23IN4OS. The van der Waals surface area contributed by atoms with E-state index >= 15 is 0 Å². The number of nitrogens with one attached hydrogen (secondary N) is 1. The minimum absolute atomic E-state index is 0.206. The average molecular weight is 434 g/mol. The molecule has 5 nitrogen and oxygen atoms in total. The molecule has 1 atom stereocenters. The average Bonchev–Trinajstić information content (AvgIpc) is 2.89. The van der Waals surface area contributed by atoms with Gasteiger partial charge in [0, 0.05) is 38.0 Å². The molecule has 0 saturated carbocycles. The summed E-state index contributed by atoms with van der Waals surface area (Å²) in [7, 11) is 1.81. The van der Waals surface area contributed by atoms with Crippen LogP contribution in [-0.2, 0) is 11.2 Å². The van der Waals surface area contributed by atoms with Crippen LogP contribution in [-0.4, -0.2) is 43.4 Å². The third-order valence-electron chi connectivity index (χ3n) is 3.80. The smallest absolute Gasteiger partial charge is 0.217 e. The molecule has 0 bridgehead atoms. The number of aliphatic imine (C=N–C) groups is 1. The number of carbonyl (C=O) groups excluding carboxylic acids is 1. The Balaban J connectivity index is 1.81. The monoisotopic (exact) mass is 434 g/mol. The Morgan fingerprint density at radius 3 is 3.05 bits per heavy atom. The number of carbonyl (C=O) groups is 1. The maximum atomic E-state index is 11.1. The van der Waals surface area contributed by atoms with Crippen molar-refractivity contribution in [2.24, 2.45) is 16.6 Å². The zero-order valence-corrected chi connectivity index (χ0v) is 15.8. The Bertz CT molecular complexity index is 531. The lowest BCUT2D eigenvalue weighted by Gasteiger charge is -2.34. The van der Waals surface area contributed by atoms with Crippen molar-refractivity contribution in [3.8, 4) is 0 Å². The Hall–Kier alpha value is -0.830. The zero-order chi connectivity index (χ0) is 15.9. The summed E-state index contributed by atoms with van der Waals surface area (Å²) in [6.45, 7) is 2.73. The summed E-state index contributed by atoms with van der Waals surface area (Å²) in [5, 5.41) is 3.43. The maximum absolute atomic E-state index is 11.1. The number of halogens is 1. The van der Waals surface area contributed by atoms with Crippen LogP contribution < -0.4 is 11.1 Å². The predicted octanol–water partition coefficient (Wildman–Crippen LogP) is 2.06. The lowest BCUT2D eigenvalue weighted by molar-refractivity contribution is -0.119. The van der Waals surface area contributed by atoms with E-state index in [2.05, 4.69) is 49.9 Å². The lowest BCUT2D eigenvalue weighted by Crippen LogP contribution is -2.47. The standard InChI is InChI=1S/C15H23IN4OS/c1-18-15(19-7-6-12-4-5-13(16)22-12)20-8-2-3-11(10-20)9-14(17)21/h4-5,11H,2-3,6-10H2,1H3,(H2,17,21)(H,18,19). The van der Waals surface area contributed by atoms with Gasteiger partial charge in [0.15, 0.2) is 5.96 Å². The largest absolute Gasteiger partial charge is 0.370 e. The van der Waals surface area contributed by atoms with Gasteiger partial charge in [0.2, 0.25) is 5.91 Å². The van der Waals surface area contributed by atoms with Crippen molar-refractivity contribution in [3.05, 3.63) is 19.9 Å². The molecule has 0 aromatic carbocycles. The highest BCUT2D eigenvalue weighted by atomic mass is 127. The molecule has 3 N–H and O–H groups in total. The molecule has 1 aromatic heterocycles. The molecule has 1 fully saturated rings. The van der Waals surface area contributed by atoms with Gasteiger partial charge in [-0.2, -0.15) is 0 Å². The first-order valence-electron chi connectivity index (χ1n) is 7.56. The van der Waals surface area contributed by atoms with Crippen molar-refractivity contribution in [2.45, 2.75) is 25.7 Å². The van der Waals surface area contributed by atoms with Gasteiger partial charge in [0.05, 0.1) is 2.88 Å². The number of primary amides is 1. The molecule has 2 heterocycles. The number of piperidine rings is 1. The minimum Gasteiger partial charge on any atom is -0.370 e. The van der Waals surface area contributed by atoms with E-state index in [-0.39, 0.29) is 5.91 Å². The first-order valence-corrected chi connectivity index (χ1v) is 9.46. The van der Waals surface area contributed by atoms with Gasteiger partial charge in [-0.1, -0.05) is 0 Å². The molecule has 0 radical (unpaired) electrons. The minimum atomic E-state index is -0.206. The lowest BCUT2D eigenvalue weighted by atomic mass is 9.95. The summed E-state index contributed by atoms with van der Waals surface area (Å²) >= 11 is 4.18. The fraction of sp³-hybridized carbons (Fsp3) is 0.600. The van der Waals surface area contributed by atoms with E-state index in [1.165, 1.54) is 7.76 Å². The zero-order valence-electron chi connectivity index (χ0n) is 12.8. The van der Waals surface area contributed by atoms with Crippen molar-refractivity contribution >= 4 is 45.8 Å². The van der Waals surface area contributed by atoms with E-state index in [0.717, 1.165) is 44.9 Å². The van der Waals surface area contributed by atoms with E-state index in [1.54, 1.807) is 0 Å². The van der Waals surface area contributed by atoms with Crippen molar-refractivity contribution in [1.82, 2.24) is 10.2 Å². The molecule has 22 heavy (non-hydrogen) atoms. The molecule has 0 aliphatic carbocycles. The van der Waals surface area contributed by atoms with E-state index in [0.29, 0.717) is 12.3 Å². The van der Waals surface area contributed by atoms with Crippen molar-refractivity contribution in [1.29, 1.82) is 0 Å². The van der Waals surface area contributed by atoms with Gasteiger partial charge in [-0.3, -0.25) is 9.79 Å². The maximum Gasteiger partial charge on any atom is 0.217 e. The molecule has 1 saturated heterocycles. The molecule has 1 amide bonds. The molecule has 1 aromatic rings. The summed E-state index contributed by atoms with van der Waals surface area (Å²) in [4.78, 5) is 19.1. The number of hydrogen-bond donors (Lipinski definition) is 2. The molecule has 1 unspecified atom stereocenters. The van der Waals surface area contributed by atoms with Crippen LogP contribution in [0.1, 0.15) is 24.1 Å². The Labute approximate surface area is 149 Å². The Morgan fingerprint density at radius 2 is 2.41 bits per heavy atom. The van der Waals surface area contributed by atoms with Gasteiger partial charge in [-0.25, -0.2) is 0 Å². The Morgan fingerprint density at radius 1 is 1.59 bits per heavy atom. The number of rotatable bonds is 5. The van der Waals surface area contributed by atoms with Gasteiger partial charge < -0.3 is 16.0 Å². The highest BCUT2D eigenvalue weighted by Gasteiger charge is 2.23. The normalized spacial score (nSPS) is 19.3. The highest BCUT2D eigenvalue weighted by Crippen LogP contribution is 2.20. The number of likely N-dealkylation sites (tertiary alicyclic amines) is 1. The van der Waals surface area contributed by atoms with E-state index in [1.807, 2.05) is 18.4 Å². The van der Waals surface area contributed by atoms with Gasteiger partial charge in [0.25, 0.3) is 0 Å². The van der Waals surface area contributed by atoms with Crippen LogP contribution >= 0.6 is 33.9 Å². The fourth-order valence-electron chi connectivity index (χ4n) is 2.82. The molecule has 7 heteroatoms. The van der Waals surface area contributed by atoms with Crippen LogP contribution in [0.15, 0.2) is 17.1 Å². The van der Waals surface area contributed by atoms with Crippen molar-refractivity contribution in [2.75, 3.05) is 26.7 Å². The second kappa shape index (κ2) is 8.71. The van der Waals surface area contributed by atoms with Gasteiger partial charge in [-0.05, 0) is 59.9 Å². The fourth-order valence-corrected chi connectivity index (χ4v) is 4.58. The SMILES string of the molecule is CN=C(NCCc1ccc(I)s1)N1CCCC(CC(N)=O)C1. The van der Waals surface area contributed by atoms with Gasteiger partial charge in [-0.15, -0.1) is 11.3 Å². The van der Waals surface area contributed by atoms with Crippen LogP contribution in [0, 0.1) is 8.80 Å². The third kappa shape index (κ3) is 5.42. The Kier molecular flexibility index (Phi) is 6.94. The number of amides is 1. The van der Waals surface area contributed by atoms with Crippen molar-refractivity contribution < 1.29 is 4.79 Å². The van der Waals surface area contributed by atoms with Crippen LogP contribution in [0.2, 0.25) is 0 Å². The van der Waals surface area contributed by atoms with E-state index in [4.69, 9.17) is 5.73 Å². The first-order chi connectivity index (χ1) is 10.6. The van der Waals surface area contributed by atoms with Gasteiger partial charge >= 0.3 is 0 Å². The predicted molar refractivity (Wildman–Crippen MR) is 100 cm³/mol. The highest BCUT2D eigenvalue weighted by molar-refractivity contribution is 14.1. The number of thiophene rings is 1. The number of nitrogens with zero attached hydrogens (tertiary/aromatic N) is 2. The quantitative estimate of drug-likeness (QED) is 0.424. The first kappa shape index (κ1) is 17.5. The van der Waals surface area contributed by atoms with E-state index in [9.17, 15) is 4.79 Å². The van der Waals surface area contributed by atoms with E-state index < -0.39 is 0 Å².